The second-order valence-electron chi connectivity index (χ2n) is 6.81. The van der Waals surface area contributed by atoms with Gasteiger partial charge in [-0.15, -0.1) is 0 Å². The Balaban J connectivity index is 2.23. The molecule has 0 spiro atoms. The average Bonchev–Trinajstić information content (AvgIpc) is 2.89. The molecule has 0 saturated carbocycles. The first-order chi connectivity index (χ1) is 12.3. The maximum atomic E-state index is 12.3. The Hall–Kier alpha value is -1.33. The lowest BCUT2D eigenvalue weighted by molar-refractivity contribution is -0.0245. The first-order valence-corrected chi connectivity index (χ1v) is 9.89. The van der Waals surface area contributed by atoms with Crippen molar-refractivity contribution >= 4 is 7.60 Å². The number of hydrogen-bond donors (Lipinski definition) is 4. The number of hydrogen-bond acceptors (Lipinski definition) is 8. The molecule has 0 aliphatic carbocycles. The molecule has 0 radical (unpaired) electrons. The predicted octanol–water partition coefficient (Wildman–Crippen LogP) is -1.43. The minimum Gasteiger partial charge on any atom is -0.387 e. The molecule has 2 unspecified atom stereocenters. The summed E-state index contributed by atoms with van der Waals surface area (Å²) < 4.78 is 24.5. The number of nitrogens with zero attached hydrogens (tertiary/aromatic N) is 2. The van der Waals surface area contributed by atoms with Crippen molar-refractivity contribution in [2.75, 3.05) is 6.61 Å². The molecule has 6 atom stereocenters. The number of aryl methyl sites for hydroxylation is 1. The predicted molar refractivity (Wildman–Crippen MR) is 93.2 cm³/mol. The molecule has 1 aliphatic rings. The van der Waals surface area contributed by atoms with E-state index in [1.807, 2.05) is 0 Å². The van der Waals surface area contributed by atoms with Gasteiger partial charge in [0.25, 0.3) is 5.56 Å². The Kier molecular flexibility index (Phi) is 6.18. The van der Waals surface area contributed by atoms with Crippen LogP contribution in [0.4, 0.5) is 0 Å². The van der Waals surface area contributed by atoms with E-state index in [1.54, 1.807) is 0 Å². The first-order valence-electron chi connectivity index (χ1n) is 8.32. The minimum absolute atomic E-state index is 0.0474. The second kappa shape index (κ2) is 7.59. The fourth-order valence-electron chi connectivity index (χ4n) is 2.69. The molecule has 2 rings (SSSR count). The van der Waals surface area contributed by atoms with Crippen LogP contribution in [0.25, 0.3) is 0 Å². The molecule has 0 aromatic carbocycles. The first kappa shape index (κ1) is 22.0. The molecule has 11 nitrogen and oxygen atoms in total. The number of rotatable bonds is 6. The largest absolute Gasteiger partial charge is 0.387 e. The van der Waals surface area contributed by atoms with Crippen molar-refractivity contribution < 1.29 is 34.0 Å². The summed E-state index contributed by atoms with van der Waals surface area (Å²) in [6.45, 7) is 2.05. The Morgan fingerprint density at radius 2 is 1.89 bits per heavy atom. The maximum absolute atomic E-state index is 12.3. The van der Waals surface area contributed by atoms with Crippen LogP contribution in [0.3, 0.4) is 0 Å². The van der Waals surface area contributed by atoms with E-state index in [0.29, 0.717) is 0 Å². The van der Waals surface area contributed by atoms with Gasteiger partial charge < -0.3 is 34.0 Å². The lowest BCUT2D eigenvalue weighted by Crippen LogP contribution is -2.40. The van der Waals surface area contributed by atoms with E-state index in [2.05, 4.69) is 0 Å². The molecule has 4 N–H and O–H groups in total. The number of aromatic nitrogens is 2. The van der Waals surface area contributed by atoms with Crippen molar-refractivity contribution in [3.05, 3.63) is 32.6 Å². The van der Waals surface area contributed by atoms with Crippen LogP contribution in [0, 0.1) is 0 Å². The van der Waals surface area contributed by atoms with Gasteiger partial charge >= 0.3 is 13.3 Å². The molecule has 1 aromatic rings. The van der Waals surface area contributed by atoms with E-state index in [-0.39, 0.29) is 12.0 Å². The standard InChI is InChI=1S/C15H25N2O9P/c1-5-15(2,22)27(23,24)25-7-9-10(18)11(19)12(26-9)8-6-16(3)14(21)17(4)13(8)20/h6,9-12,18-19,22H,5,7H2,1-4H3,(H,23,24)/t9-,10-,11-,12+,15?/m1/s1. The third-order valence-corrected chi connectivity index (χ3v) is 6.87. The molecule has 0 bridgehead atoms. The van der Waals surface area contributed by atoms with Crippen LogP contribution in [0.1, 0.15) is 31.9 Å². The third kappa shape index (κ3) is 3.95. The van der Waals surface area contributed by atoms with Gasteiger partial charge in [-0.3, -0.25) is 13.9 Å². The lowest BCUT2D eigenvalue weighted by Gasteiger charge is -2.28. The smallest absolute Gasteiger partial charge is 0.359 e. The van der Waals surface area contributed by atoms with Crippen LogP contribution in [0.2, 0.25) is 0 Å². The Morgan fingerprint density at radius 1 is 1.30 bits per heavy atom. The highest BCUT2D eigenvalue weighted by molar-refractivity contribution is 7.54. The van der Waals surface area contributed by atoms with E-state index in [1.165, 1.54) is 27.2 Å². The summed E-state index contributed by atoms with van der Waals surface area (Å²) >= 11 is 0. The molecule has 154 valence electrons. The van der Waals surface area contributed by atoms with E-state index >= 15 is 0 Å². The van der Waals surface area contributed by atoms with Crippen LogP contribution in [-0.2, 0) is 27.9 Å². The Labute approximate surface area is 154 Å². The van der Waals surface area contributed by atoms with Crippen LogP contribution >= 0.6 is 7.60 Å². The summed E-state index contributed by atoms with van der Waals surface area (Å²) in [5, 5.41) is 28.4. The van der Waals surface area contributed by atoms with E-state index in [4.69, 9.17) is 9.26 Å². The van der Waals surface area contributed by atoms with Gasteiger partial charge in [-0.25, -0.2) is 4.79 Å². The summed E-state index contributed by atoms with van der Waals surface area (Å²) in [6, 6.07) is 0. The highest BCUT2D eigenvalue weighted by Gasteiger charge is 2.47. The molecule has 1 fully saturated rings. The molecular weight excluding hydrogens is 383 g/mol. The molecule has 2 heterocycles. The zero-order chi connectivity index (χ0) is 20.7. The molecular formula is C15H25N2O9P. The minimum atomic E-state index is -4.45. The second-order valence-corrected chi connectivity index (χ2v) is 9.07. The third-order valence-electron chi connectivity index (χ3n) is 4.83. The number of aliphatic hydroxyl groups is 3. The molecule has 27 heavy (non-hydrogen) atoms. The molecule has 1 saturated heterocycles. The Bertz CT molecular complexity index is 862. The van der Waals surface area contributed by atoms with Crippen molar-refractivity contribution in [3.63, 3.8) is 0 Å². The highest BCUT2D eigenvalue weighted by Crippen LogP contribution is 2.55. The fraction of sp³-hybridized carbons (Fsp3) is 0.733. The van der Waals surface area contributed by atoms with Gasteiger partial charge in [-0.2, -0.15) is 0 Å². The van der Waals surface area contributed by atoms with E-state index in [0.717, 1.165) is 16.1 Å². The Morgan fingerprint density at radius 3 is 2.44 bits per heavy atom. The zero-order valence-electron chi connectivity index (χ0n) is 15.5. The summed E-state index contributed by atoms with van der Waals surface area (Å²) in [7, 11) is -1.77. The van der Waals surface area contributed by atoms with Gasteiger partial charge in [0.05, 0.1) is 12.2 Å². The summed E-state index contributed by atoms with van der Waals surface area (Å²) in [6.07, 6.45) is -4.36. The van der Waals surface area contributed by atoms with Crippen molar-refractivity contribution in [3.8, 4) is 0 Å². The molecule has 1 aromatic heterocycles. The van der Waals surface area contributed by atoms with Crippen molar-refractivity contribution in [1.29, 1.82) is 0 Å². The lowest BCUT2D eigenvalue weighted by atomic mass is 10.0. The highest BCUT2D eigenvalue weighted by atomic mass is 31.2. The fourth-order valence-corrected chi connectivity index (χ4v) is 3.71. The van der Waals surface area contributed by atoms with Crippen LogP contribution in [0.5, 0.6) is 0 Å². The molecule has 12 heteroatoms. The topological polar surface area (TPSA) is 160 Å². The maximum Gasteiger partial charge on any atom is 0.359 e. The normalized spacial score (nSPS) is 30.1. The molecule has 1 aliphatic heterocycles. The van der Waals surface area contributed by atoms with E-state index < -0.39 is 55.2 Å². The van der Waals surface area contributed by atoms with Gasteiger partial charge in [0.1, 0.15) is 24.4 Å². The number of aliphatic hydroxyl groups excluding tert-OH is 2. The summed E-state index contributed by atoms with van der Waals surface area (Å²) in [5.74, 6) is 0. The summed E-state index contributed by atoms with van der Waals surface area (Å²) in [5.41, 5.74) is -1.32. The van der Waals surface area contributed by atoms with Crippen LogP contribution in [0.15, 0.2) is 15.8 Å². The van der Waals surface area contributed by atoms with E-state index in [9.17, 15) is 34.4 Å². The van der Waals surface area contributed by atoms with Gasteiger partial charge in [0.2, 0.25) is 0 Å². The van der Waals surface area contributed by atoms with Crippen molar-refractivity contribution in [2.45, 2.75) is 50.0 Å². The van der Waals surface area contributed by atoms with Gasteiger partial charge in [-0.05, 0) is 13.3 Å². The van der Waals surface area contributed by atoms with Crippen molar-refractivity contribution in [2.24, 2.45) is 14.1 Å². The SMILES string of the molecule is CCC(C)(O)P(=O)(O)OC[C@H]1O[C@@H](c2cn(C)c(=O)n(C)c2=O)[C@H](O)[C@@H]1O. The van der Waals surface area contributed by atoms with Crippen LogP contribution < -0.4 is 11.2 Å². The molecule has 0 amide bonds. The van der Waals surface area contributed by atoms with Gasteiger partial charge in [0, 0.05) is 20.3 Å². The number of ether oxygens (including phenoxy) is 1. The zero-order valence-corrected chi connectivity index (χ0v) is 16.4. The van der Waals surface area contributed by atoms with Crippen LogP contribution in [-0.4, -0.2) is 59.6 Å². The summed E-state index contributed by atoms with van der Waals surface area (Å²) in [4.78, 5) is 34.0. The average molecular weight is 408 g/mol. The van der Waals surface area contributed by atoms with Gasteiger partial charge in [0.15, 0.2) is 5.34 Å². The van der Waals surface area contributed by atoms with Crippen molar-refractivity contribution in [1.82, 2.24) is 9.13 Å². The quantitative estimate of drug-likeness (QED) is 0.414. The monoisotopic (exact) mass is 408 g/mol. The van der Waals surface area contributed by atoms with Gasteiger partial charge in [-0.1, -0.05) is 6.92 Å².